The summed E-state index contributed by atoms with van der Waals surface area (Å²) in [6, 6.07) is 5.04. The highest BCUT2D eigenvalue weighted by atomic mass is 16.3. The van der Waals surface area contributed by atoms with Gasteiger partial charge in [0.1, 0.15) is 5.76 Å². The molecule has 0 aromatic carbocycles. The minimum absolute atomic E-state index is 0.486. The molecule has 0 radical (unpaired) electrons. The predicted molar refractivity (Wildman–Crippen MR) is 100 cm³/mol. The summed E-state index contributed by atoms with van der Waals surface area (Å²) < 4.78 is 5.38. The van der Waals surface area contributed by atoms with Crippen LogP contribution in [0.1, 0.15) is 39.4 Å². The first-order valence-corrected chi connectivity index (χ1v) is 9.00. The molecule has 1 aliphatic rings. The fourth-order valence-electron chi connectivity index (χ4n) is 2.88. The average molecular weight is 332 g/mol. The summed E-state index contributed by atoms with van der Waals surface area (Å²) in [5.41, 5.74) is 1.07. The SMILES string of the molecule is C=C(C)CN=C(NCCc1ccco1)NC1CCN(C(C)C)CC1. The van der Waals surface area contributed by atoms with Gasteiger partial charge in [-0.05, 0) is 45.7 Å². The average Bonchev–Trinajstić information content (AvgIpc) is 3.06. The number of rotatable bonds is 7. The van der Waals surface area contributed by atoms with Gasteiger partial charge in [-0.2, -0.15) is 0 Å². The summed E-state index contributed by atoms with van der Waals surface area (Å²) in [6.45, 7) is 14.2. The monoisotopic (exact) mass is 332 g/mol. The van der Waals surface area contributed by atoms with Crippen molar-refractivity contribution in [2.45, 2.75) is 52.1 Å². The zero-order valence-corrected chi connectivity index (χ0v) is 15.3. The Bertz CT molecular complexity index is 513. The number of aliphatic imine (C=N–C) groups is 1. The number of furan rings is 1. The van der Waals surface area contributed by atoms with Gasteiger partial charge in [-0.25, -0.2) is 4.99 Å². The summed E-state index contributed by atoms with van der Waals surface area (Å²) in [5, 5.41) is 7.01. The van der Waals surface area contributed by atoms with Gasteiger partial charge in [0, 0.05) is 38.1 Å². The van der Waals surface area contributed by atoms with Gasteiger partial charge < -0.3 is 20.0 Å². The molecule has 1 aromatic heterocycles. The lowest BCUT2D eigenvalue weighted by molar-refractivity contribution is 0.167. The number of guanidine groups is 1. The summed E-state index contributed by atoms with van der Waals surface area (Å²) in [7, 11) is 0. The van der Waals surface area contributed by atoms with Gasteiger partial charge >= 0.3 is 0 Å². The van der Waals surface area contributed by atoms with Crippen molar-refractivity contribution in [2.75, 3.05) is 26.2 Å². The largest absolute Gasteiger partial charge is 0.469 e. The molecule has 0 amide bonds. The standard InChI is InChI=1S/C19H32N4O/c1-15(2)14-21-19(20-10-7-18-6-5-13-24-18)22-17-8-11-23(12-9-17)16(3)4/h5-6,13,16-17H,1,7-12,14H2,2-4H3,(H2,20,21,22). The Morgan fingerprint density at radius 3 is 2.75 bits per heavy atom. The molecule has 2 N–H and O–H groups in total. The van der Waals surface area contributed by atoms with E-state index in [0.29, 0.717) is 18.6 Å². The van der Waals surface area contributed by atoms with Crippen LogP contribution in [0.3, 0.4) is 0 Å². The summed E-state index contributed by atoms with van der Waals surface area (Å²) in [4.78, 5) is 7.18. The second-order valence-electron chi connectivity index (χ2n) is 6.93. The second-order valence-corrected chi connectivity index (χ2v) is 6.93. The van der Waals surface area contributed by atoms with Crippen molar-refractivity contribution in [2.24, 2.45) is 4.99 Å². The van der Waals surface area contributed by atoms with Gasteiger partial charge in [0.05, 0.1) is 12.8 Å². The van der Waals surface area contributed by atoms with Crippen LogP contribution in [0.25, 0.3) is 0 Å². The van der Waals surface area contributed by atoms with Crippen molar-refractivity contribution in [3.63, 3.8) is 0 Å². The topological polar surface area (TPSA) is 52.8 Å². The van der Waals surface area contributed by atoms with Crippen LogP contribution in [0, 0.1) is 0 Å². The Balaban J connectivity index is 1.82. The molecule has 134 valence electrons. The smallest absolute Gasteiger partial charge is 0.191 e. The Kier molecular flexibility index (Phi) is 7.37. The minimum atomic E-state index is 0.486. The number of hydrogen-bond donors (Lipinski definition) is 2. The third kappa shape index (κ3) is 6.40. The third-order valence-electron chi connectivity index (χ3n) is 4.35. The Morgan fingerprint density at radius 2 is 2.17 bits per heavy atom. The van der Waals surface area contributed by atoms with Crippen molar-refractivity contribution >= 4 is 5.96 Å². The first kappa shape index (κ1) is 18.6. The highest BCUT2D eigenvalue weighted by Crippen LogP contribution is 2.12. The number of likely N-dealkylation sites (tertiary alicyclic amines) is 1. The van der Waals surface area contributed by atoms with Crippen molar-refractivity contribution in [1.82, 2.24) is 15.5 Å². The van der Waals surface area contributed by atoms with E-state index in [-0.39, 0.29) is 0 Å². The van der Waals surface area contributed by atoms with Gasteiger partial charge in [-0.15, -0.1) is 0 Å². The van der Waals surface area contributed by atoms with Crippen LogP contribution in [0.4, 0.5) is 0 Å². The van der Waals surface area contributed by atoms with Crippen LogP contribution < -0.4 is 10.6 Å². The quantitative estimate of drug-likeness (QED) is 0.458. The highest BCUT2D eigenvalue weighted by Gasteiger charge is 2.21. The zero-order valence-electron chi connectivity index (χ0n) is 15.3. The maximum atomic E-state index is 5.38. The molecular formula is C19H32N4O. The van der Waals surface area contributed by atoms with E-state index in [9.17, 15) is 0 Å². The summed E-state index contributed by atoms with van der Waals surface area (Å²) in [5.74, 6) is 1.87. The highest BCUT2D eigenvalue weighted by molar-refractivity contribution is 5.80. The molecule has 0 atom stereocenters. The maximum Gasteiger partial charge on any atom is 0.191 e. The molecule has 0 aliphatic carbocycles. The van der Waals surface area contributed by atoms with Crippen LogP contribution in [-0.2, 0) is 6.42 Å². The van der Waals surface area contributed by atoms with E-state index in [2.05, 4.69) is 41.0 Å². The van der Waals surface area contributed by atoms with E-state index in [1.165, 1.54) is 0 Å². The normalized spacial score (nSPS) is 17.2. The molecule has 0 saturated carbocycles. The third-order valence-corrected chi connectivity index (χ3v) is 4.35. The number of nitrogens with one attached hydrogen (secondary N) is 2. The lowest BCUT2D eigenvalue weighted by Gasteiger charge is -2.35. The molecule has 24 heavy (non-hydrogen) atoms. The summed E-state index contributed by atoms with van der Waals surface area (Å²) >= 11 is 0. The van der Waals surface area contributed by atoms with Crippen molar-refractivity contribution in [3.8, 4) is 0 Å². The molecular weight excluding hydrogens is 300 g/mol. The Morgan fingerprint density at radius 1 is 1.42 bits per heavy atom. The van der Waals surface area contributed by atoms with Gasteiger partial charge in [-0.3, -0.25) is 0 Å². The van der Waals surface area contributed by atoms with Crippen LogP contribution in [0.15, 0.2) is 40.0 Å². The predicted octanol–water partition coefficient (Wildman–Crippen LogP) is 2.81. The summed E-state index contributed by atoms with van der Waals surface area (Å²) in [6.07, 6.45) is 4.88. The van der Waals surface area contributed by atoms with Crippen LogP contribution in [0.2, 0.25) is 0 Å². The van der Waals surface area contributed by atoms with Crippen molar-refractivity contribution in [3.05, 3.63) is 36.3 Å². The molecule has 0 bridgehead atoms. The van der Waals surface area contributed by atoms with Gasteiger partial charge in [-0.1, -0.05) is 12.2 Å². The molecule has 2 rings (SSSR count). The van der Waals surface area contributed by atoms with Gasteiger partial charge in [0.15, 0.2) is 5.96 Å². The van der Waals surface area contributed by atoms with E-state index in [1.807, 2.05) is 19.1 Å². The fourth-order valence-corrected chi connectivity index (χ4v) is 2.88. The van der Waals surface area contributed by atoms with Crippen LogP contribution >= 0.6 is 0 Å². The Hall–Kier alpha value is -1.75. The molecule has 1 aromatic rings. The molecule has 0 unspecified atom stereocenters. The van der Waals surface area contributed by atoms with Crippen molar-refractivity contribution < 1.29 is 4.42 Å². The molecule has 1 fully saturated rings. The molecule has 1 aliphatic heterocycles. The second kappa shape index (κ2) is 9.52. The van der Waals surface area contributed by atoms with Crippen LogP contribution in [0.5, 0.6) is 0 Å². The van der Waals surface area contributed by atoms with E-state index in [1.54, 1.807) is 6.26 Å². The zero-order chi connectivity index (χ0) is 17.4. The first-order valence-electron chi connectivity index (χ1n) is 9.00. The van der Waals surface area contributed by atoms with E-state index in [0.717, 1.165) is 56.2 Å². The lowest BCUT2D eigenvalue weighted by atomic mass is 10.0. The number of piperidine rings is 1. The maximum absolute atomic E-state index is 5.38. The minimum Gasteiger partial charge on any atom is -0.469 e. The van der Waals surface area contributed by atoms with Crippen molar-refractivity contribution in [1.29, 1.82) is 0 Å². The Labute approximate surface area is 146 Å². The molecule has 2 heterocycles. The van der Waals surface area contributed by atoms with Crippen LogP contribution in [-0.4, -0.2) is 49.1 Å². The lowest BCUT2D eigenvalue weighted by Crippen LogP contribution is -2.50. The van der Waals surface area contributed by atoms with Gasteiger partial charge in [0.25, 0.3) is 0 Å². The molecule has 0 spiro atoms. The van der Waals surface area contributed by atoms with E-state index >= 15 is 0 Å². The molecule has 5 nitrogen and oxygen atoms in total. The first-order chi connectivity index (χ1) is 11.5. The number of hydrogen-bond acceptors (Lipinski definition) is 3. The van der Waals surface area contributed by atoms with Gasteiger partial charge in [0.2, 0.25) is 0 Å². The number of nitrogens with zero attached hydrogens (tertiary/aromatic N) is 2. The van der Waals surface area contributed by atoms with E-state index in [4.69, 9.17) is 4.42 Å². The molecule has 1 saturated heterocycles. The molecule has 5 heteroatoms. The fraction of sp³-hybridized carbons (Fsp3) is 0.632. The van der Waals surface area contributed by atoms with E-state index < -0.39 is 0 Å².